The minimum absolute atomic E-state index is 0.554. The molecule has 0 radical (unpaired) electrons. The van der Waals surface area contributed by atoms with Crippen molar-refractivity contribution >= 4 is 45.1 Å². The first-order valence-corrected chi connectivity index (χ1v) is 10.3. The van der Waals surface area contributed by atoms with Gasteiger partial charge in [0, 0.05) is 27.0 Å². The first-order valence-electron chi connectivity index (χ1n) is 6.74. The molecule has 2 heterocycles. The van der Waals surface area contributed by atoms with Gasteiger partial charge in [-0.15, -0.1) is 22.7 Å². The van der Waals surface area contributed by atoms with Crippen LogP contribution < -0.4 is 0 Å². The molecular formula is C14H16ClNOS3. The predicted octanol–water partition coefficient (Wildman–Crippen LogP) is 4.96. The van der Waals surface area contributed by atoms with Crippen LogP contribution in [0.25, 0.3) is 0 Å². The summed E-state index contributed by atoms with van der Waals surface area (Å²) < 4.78 is 12.9. The number of thiazole rings is 1. The smallest absolute Gasteiger partial charge is 0.0959 e. The van der Waals surface area contributed by atoms with E-state index in [1.54, 1.807) is 11.3 Å². The van der Waals surface area contributed by atoms with Crippen LogP contribution in [0.15, 0.2) is 17.5 Å². The van der Waals surface area contributed by atoms with Crippen LogP contribution in [0.5, 0.6) is 0 Å². The fraction of sp³-hybridized carbons (Fsp3) is 0.500. The molecule has 1 fully saturated rings. The third kappa shape index (κ3) is 3.70. The molecule has 108 valence electrons. The summed E-state index contributed by atoms with van der Waals surface area (Å²) in [6.45, 7) is 0. The number of thiophene rings is 1. The van der Waals surface area contributed by atoms with Gasteiger partial charge in [-0.25, -0.2) is 4.98 Å². The molecule has 3 rings (SSSR count). The summed E-state index contributed by atoms with van der Waals surface area (Å²) in [5.74, 6) is 1.78. The number of hydrogen-bond donors (Lipinski definition) is 0. The zero-order valence-electron chi connectivity index (χ0n) is 11.0. The molecule has 1 aliphatic rings. The van der Waals surface area contributed by atoms with Crippen molar-refractivity contribution in [3.63, 3.8) is 0 Å². The van der Waals surface area contributed by atoms with E-state index < -0.39 is 10.8 Å². The minimum Gasteiger partial charge on any atom is -0.259 e. The fourth-order valence-corrected chi connectivity index (χ4v) is 6.16. The quantitative estimate of drug-likeness (QED) is 0.766. The van der Waals surface area contributed by atoms with Gasteiger partial charge in [0.05, 0.1) is 26.5 Å². The van der Waals surface area contributed by atoms with Crippen LogP contribution in [-0.2, 0) is 22.3 Å². The van der Waals surface area contributed by atoms with Gasteiger partial charge in [-0.05, 0) is 25.0 Å². The molecule has 1 saturated carbocycles. The molecule has 0 bridgehead atoms. The van der Waals surface area contributed by atoms with Gasteiger partial charge in [0.1, 0.15) is 0 Å². The second-order valence-electron chi connectivity index (χ2n) is 5.09. The van der Waals surface area contributed by atoms with Gasteiger partial charge >= 0.3 is 0 Å². The van der Waals surface area contributed by atoms with Crippen molar-refractivity contribution in [3.05, 3.63) is 37.4 Å². The van der Waals surface area contributed by atoms with Crippen LogP contribution >= 0.6 is 34.3 Å². The molecule has 0 unspecified atom stereocenters. The Morgan fingerprint density at radius 3 is 2.80 bits per heavy atom. The molecule has 0 aromatic carbocycles. The number of rotatable bonds is 5. The fourth-order valence-electron chi connectivity index (χ4n) is 2.55. The Bertz CT molecular complexity index is 601. The molecule has 2 aromatic heterocycles. The van der Waals surface area contributed by atoms with E-state index in [1.165, 1.54) is 42.0 Å². The van der Waals surface area contributed by atoms with Crippen LogP contribution in [0.4, 0.5) is 0 Å². The van der Waals surface area contributed by atoms with Crippen LogP contribution in [0.1, 0.15) is 47.2 Å². The summed E-state index contributed by atoms with van der Waals surface area (Å²) in [6.07, 6.45) is 5.18. The van der Waals surface area contributed by atoms with Crippen molar-refractivity contribution in [2.24, 2.45) is 0 Å². The highest BCUT2D eigenvalue weighted by Crippen LogP contribution is 2.35. The Balaban J connectivity index is 1.58. The standard InChI is InChI=1S/C14H16ClNOS3/c15-13-6-5-12(19-13)9-20(17)8-11-7-18-14(16-11)10-3-1-2-4-10/h5-7,10H,1-4,8-9H2/t20-/m1/s1. The third-order valence-electron chi connectivity index (χ3n) is 3.51. The Labute approximate surface area is 134 Å². The normalized spacial score (nSPS) is 17.6. The summed E-state index contributed by atoms with van der Waals surface area (Å²) >= 11 is 9.13. The highest BCUT2D eigenvalue weighted by Gasteiger charge is 2.20. The lowest BCUT2D eigenvalue weighted by molar-refractivity contribution is 0.681. The van der Waals surface area contributed by atoms with Gasteiger partial charge in [-0.3, -0.25) is 4.21 Å². The van der Waals surface area contributed by atoms with Crippen molar-refractivity contribution in [1.29, 1.82) is 0 Å². The molecule has 2 nitrogen and oxygen atoms in total. The van der Waals surface area contributed by atoms with E-state index in [1.807, 2.05) is 12.1 Å². The highest BCUT2D eigenvalue weighted by molar-refractivity contribution is 7.83. The van der Waals surface area contributed by atoms with Crippen LogP contribution in [0.2, 0.25) is 4.34 Å². The SMILES string of the molecule is O=[S@](Cc1csc(C2CCCC2)n1)Cc1ccc(Cl)s1. The van der Waals surface area contributed by atoms with Crippen molar-refractivity contribution < 1.29 is 4.21 Å². The minimum atomic E-state index is -0.901. The first-order chi connectivity index (χ1) is 9.70. The zero-order chi connectivity index (χ0) is 13.9. The van der Waals surface area contributed by atoms with E-state index in [0.717, 1.165) is 14.9 Å². The number of hydrogen-bond acceptors (Lipinski definition) is 4. The molecule has 0 saturated heterocycles. The topological polar surface area (TPSA) is 30.0 Å². The monoisotopic (exact) mass is 345 g/mol. The predicted molar refractivity (Wildman–Crippen MR) is 88.2 cm³/mol. The van der Waals surface area contributed by atoms with Gasteiger partial charge in [-0.1, -0.05) is 24.4 Å². The number of halogens is 1. The lowest BCUT2D eigenvalue weighted by Crippen LogP contribution is -1.99. The van der Waals surface area contributed by atoms with Gasteiger partial charge in [0.25, 0.3) is 0 Å². The first kappa shape index (κ1) is 14.7. The maximum Gasteiger partial charge on any atom is 0.0959 e. The molecular weight excluding hydrogens is 330 g/mol. The second kappa shape index (κ2) is 6.69. The van der Waals surface area contributed by atoms with Gasteiger partial charge in [-0.2, -0.15) is 0 Å². The maximum atomic E-state index is 12.2. The van der Waals surface area contributed by atoms with Crippen LogP contribution in [0, 0.1) is 0 Å². The maximum absolute atomic E-state index is 12.2. The molecule has 1 atom stereocenters. The molecule has 2 aromatic rings. The molecule has 0 amide bonds. The van der Waals surface area contributed by atoms with Crippen molar-refractivity contribution in [3.8, 4) is 0 Å². The summed E-state index contributed by atoms with van der Waals surface area (Å²) in [5.41, 5.74) is 0.984. The van der Waals surface area contributed by atoms with Crippen molar-refractivity contribution in [1.82, 2.24) is 4.98 Å². The summed E-state index contributed by atoms with van der Waals surface area (Å²) in [6, 6.07) is 3.82. The summed E-state index contributed by atoms with van der Waals surface area (Å²) in [4.78, 5) is 5.76. The van der Waals surface area contributed by atoms with Gasteiger partial charge in [0.15, 0.2) is 0 Å². The Morgan fingerprint density at radius 2 is 2.10 bits per heavy atom. The lowest BCUT2D eigenvalue weighted by atomic mass is 10.1. The molecule has 0 spiro atoms. The molecule has 0 aliphatic heterocycles. The Hall–Kier alpha value is -0.230. The molecule has 20 heavy (non-hydrogen) atoms. The average molecular weight is 346 g/mol. The molecule has 0 N–H and O–H groups in total. The number of nitrogens with zero attached hydrogens (tertiary/aromatic N) is 1. The lowest BCUT2D eigenvalue weighted by Gasteiger charge is -2.02. The van der Waals surface area contributed by atoms with Crippen molar-refractivity contribution in [2.75, 3.05) is 0 Å². The van der Waals surface area contributed by atoms with E-state index >= 15 is 0 Å². The summed E-state index contributed by atoms with van der Waals surface area (Å²) in [7, 11) is -0.901. The molecule has 6 heteroatoms. The van der Waals surface area contributed by atoms with Gasteiger partial charge < -0.3 is 0 Å². The second-order valence-corrected chi connectivity index (χ2v) is 9.24. The van der Waals surface area contributed by atoms with Gasteiger partial charge in [0.2, 0.25) is 0 Å². The van der Waals surface area contributed by atoms with E-state index in [2.05, 4.69) is 10.4 Å². The highest BCUT2D eigenvalue weighted by atomic mass is 35.5. The van der Waals surface area contributed by atoms with Crippen molar-refractivity contribution in [2.45, 2.75) is 43.1 Å². The van der Waals surface area contributed by atoms with Crippen LogP contribution in [-0.4, -0.2) is 9.19 Å². The number of aromatic nitrogens is 1. The zero-order valence-corrected chi connectivity index (χ0v) is 14.2. The largest absolute Gasteiger partial charge is 0.259 e. The Morgan fingerprint density at radius 1 is 1.30 bits per heavy atom. The van der Waals surface area contributed by atoms with E-state index in [4.69, 9.17) is 11.6 Å². The van der Waals surface area contributed by atoms with Crippen LogP contribution in [0.3, 0.4) is 0 Å². The van der Waals surface area contributed by atoms with E-state index in [-0.39, 0.29) is 0 Å². The van der Waals surface area contributed by atoms with E-state index in [0.29, 0.717) is 17.4 Å². The average Bonchev–Trinajstić information content (AvgIpc) is 3.10. The Kier molecular flexibility index (Phi) is 4.91. The third-order valence-corrected chi connectivity index (χ3v) is 7.24. The molecule has 1 aliphatic carbocycles. The van der Waals surface area contributed by atoms with E-state index in [9.17, 15) is 4.21 Å². The summed E-state index contributed by atoms with van der Waals surface area (Å²) in [5, 5.41) is 3.32.